The summed E-state index contributed by atoms with van der Waals surface area (Å²) >= 11 is -0.707. The minimum atomic E-state index is -0.707. The Hall–Kier alpha value is -2.26. The summed E-state index contributed by atoms with van der Waals surface area (Å²) in [5.41, 5.74) is 2.83. The van der Waals surface area contributed by atoms with Crippen molar-refractivity contribution in [1.29, 1.82) is 0 Å². The Balaban J connectivity index is 0.000000150. The minimum Gasteiger partial charge on any atom is -0.0622 e. The van der Waals surface area contributed by atoms with Gasteiger partial charge in [-0.3, -0.25) is 0 Å². The molecule has 0 saturated carbocycles. The molecule has 4 rings (SSSR count). The van der Waals surface area contributed by atoms with E-state index in [2.05, 4.69) is 81.1 Å². The molecular weight excluding hydrogens is 387 g/mol. The molecule has 4 nitrogen and oxygen atoms in total. The van der Waals surface area contributed by atoms with Gasteiger partial charge in [-0.2, -0.15) is 0 Å². The van der Waals surface area contributed by atoms with Crippen molar-refractivity contribution in [2.24, 2.45) is 0 Å². The first-order valence-electron chi connectivity index (χ1n) is 8.24. The molecule has 2 heterocycles. The first kappa shape index (κ1) is 17.6. The second kappa shape index (κ2) is 9.90. The van der Waals surface area contributed by atoms with Gasteiger partial charge in [0.2, 0.25) is 0 Å². The number of nitrogens with zero attached hydrogens (tertiary/aromatic N) is 2. The molecule has 0 saturated heterocycles. The maximum atomic E-state index is 4.09. The van der Waals surface area contributed by atoms with Crippen molar-refractivity contribution >= 4 is 6.80 Å². The van der Waals surface area contributed by atoms with Crippen molar-refractivity contribution in [2.75, 3.05) is 0 Å². The van der Waals surface area contributed by atoms with Gasteiger partial charge in [-0.05, 0) is 24.0 Å². The van der Waals surface area contributed by atoms with Crippen LogP contribution in [-0.4, -0.2) is 20.4 Å². The zero-order chi connectivity index (χ0) is 17.2. The summed E-state index contributed by atoms with van der Waals surface area (Å²) in [5, 5.41) is 13.8. The van der Waals surface area contributed by atoms with Crippen LogP contribution in [-0.2, 0) is 36.1 Å². The summed E-state index contributed by atoms with van der Waals surface area (Å²) in [6.07, 6.45) is 5.96. The fraction of sp³-hybridized carbons (Fsp3) is 0.100. The van der Waals surface area contributed by atoms with Crippen LogP contribution < -0.4 is 6.80 Å². The smallest absolute Gasteiger partial charge is 0.0238 e. The summed E-state index contributed by atoms with van der Waals surface area (Å²) in [5.74, 6) is 0. The van der Waals surface area contributed by atoms with E-state index in [9.17, 15) is 0 Å². The maximum Gasteiger partial charge on any atom is -0.0238 e. The zero-order valence-electron chi connectivity index (χ0n) is 13.9. The first-order chi connectivity index (χ1) is 12.4. The average molecular weight is 408 g/mol. The predicted molar refractivity (Wildman–Crippen MR) is 96.7 cm³/mol. The summed E-state index contributed by atoms with van der Waals surface area (Å²) in [7, 11) is 0. The summed E-state index contributed by atoms with van der Waals surface area (Å²) < 4.78 is 2.36. The zero-order valence-corrected chi connectivity index (χ0v) is 16.3. The van der Waals surface area contributed by atoms with E-state index in [0.29, 0.717) is 0 Å². The Morgan fingerprint density at radius 3 is 1.40 bits per heavy atom. The van der Waals surface area contributed by atoms with Gasteiger partial charge in [0, 0.05) is 0 Å². The molecule has 2 aromatic heterocycles. The molecule has 0 aliphatic rings. The molecule has 0 radical (unpaired) electrons. The second-order valence-electron chi connectivity index (χ2n) is 5.52. The van der Waals surface area contributed by atoms with Crippen molar-refractivity contribution in [3.8, 4) is 0 Å². The van der Waals surface area contributed by atoms with Crippen LogP contribution in [0.5, 0.6) is 0 Å². The van der Waals surface area contributed by atoms with Crippen LogP contribution in [0.15, 0.2) is 85.2 Å². The Bertz CT molecular complexity index is 741. The summed E-state index contributed by atoms with van der Waals surface area (Å²) in [6, 6.07) is 25.3. The fourth-order valence-corrected chi connectivity index (χ4v) is 4.43. The van der Waals surface area contributed by atoms with Gasteiger partial charge >= 0.3 is 75.0 Å². The molecule has 0 fully saturated rings. The number of aromatic amines is 2. The SMILES string of the molecule is c1c[c]([Zr][c]2cc[nH]n2)n[nH]1.c1ccc(CCc2ccccc2)cc1. The number of benzene rings is 2. The molecule has 5 heteroatoms. The Kier molecular flexibility index (Phi) is 6.95. The van der Waals surface area contributed by atoms with Crippen LogP contribution in [0.4, 0.5) is 0 Å². The fourth-order valence-electron chi connectivity index (χ4n) is 2.37. The third-order valence-electron chi connectivity index (χ3n) is 3.65. The Labute approximate surface area is 159 Å². The molecule has 0 unspecified atom stereocenters. The van der Waals surface area contributed by atoms with E-state index >= 15 is 0 Å². The van der Waals surface area contributed by atoms with Crippen LogP contribution in [0.3, 0.4) is 0 Å². The van der Waals surface area contributed by atoms with Crippen LogP contribution in [0.25, 0.3) is 0 Å². The molecule has 2 aromatic carbocycles. The summed E-state index contributed by atoms with van der Waals surface area (Å²) in [6.45, 7) is 0. The second-order valence-corrected chi connectivity index (χ2v) is 8.65. The van der Waals surface area contributed by atoms with Crippen LogP contribution in [0.2, 0.25) is 0 Å². The van der Waals surface area contributed by atoms with Crippen molar-refractivity contribution in [3.05, 3.63) is 96.3 Å². The maximum absolute atomic E-state index is 4.09. The number of aryl methyl sites for hydroxylation is 2. The van der Waals surface area contributed by atoms with Gasteiger partial charge in [-0.25, -0.2) is 0 Å². The van der Waals surface area contributed by atoms with Crippen molar-refractivity contribution in [2.45, 2.75) is 12.8 Å². The quantitative estimate of drug-likeness (QED) is 0.534. The monoisotopic (exact) mass is 406 g/mol. The standard InChI is InChI=1S/C14H14.2C3H3N2.Zr/c1-3-7-13(8-4-1)11-12-14-9-5-2-6-10-14;2*1-2-4-5-3-1;/h1-10H,11-12H2;2*1-2H,(H,4,5);. The molecule has 25 heavy (non-hydrogen) atoms. The minimum absolute atomic E-state index is 0.707. The predicted octanol–water partition coefficient (Wildman–Crippen LogP) is 2.64. The normalized spacial score (nSPS) is 9.92. The topological polar surface area (TPSA) is 57.4 Å². The van der Waals surface area contributed by atoms with Gasteiger partial charge in [0.05, 0.1) is 0 Å². The number of hydrogen-bond donors (Lipinski definition) is 2. The molecule has 0 atom stereocenters. The van der Waals surface area contributed by atoms with Gasteiger partial charge in [0.15, 0.2) is 0 Å². The third kappa shape index (κ3) is 6.28. The van der Waals surface area contributed by atoms with Crippen LogP contribution >= 0.6 is 0 Å². The van der Waals surface area contributed by atoms with Crippen LogP contribution in [0, 0.1) is 0 Å². The van der Waals surface area contributed by atoms with E-state index < -0.39 is 23.2 Å². The largest absolute Gasteiger partial charge is 0.0622 e. The van der Waals surface area contributed by atoms with Crippen molar-refractivity contribution in [1.82, 2.24) is 20.4 Å². The molecule has 4 aromatic rings. The van der Waals surface area contributed by atoms with Gasteiger partial charge < -0.3 is 0 Å². The van der Waals surface area contributed by atoms with Gasteiger partial charge in [-0.15, -0.1) is 0 Å². The van der Waals surface area contributed by atoms with E-state index in [1.807, 2.05) is 24.5 Å². The number of nitrogens with one attached hydrogen (secondary N) is 2. The van der Waals surface area contributed by atoms with E-state index in [1.165, 1.54) is 17.9 Å². The Morgan fingerprint density at radius 2 is 1.04 bits per heavy atom. The van der Waals surface area contributed by atoms with E-state index in [0.717, 1.165) is 12.8 Å². The molecule has 0 aliphatic carbocycles. The third-order valence-corrected chi connectivity index (χ3v) is 6.27. The van der Waals surface area contributed by atoms with E-state index in [-0.39, 0.29) is 0 Å². The van der Waals surface area contributed by atoms with Gasteiger partial charge in [0.25, 0.3) is 0 Å². The Morgan fingerprint density at radius 1 is 0.600 bits per heavy atom. The number of rotatable bonds is 5. The number of hydrogen-bond acceptors (Lipinski definition) is 2. The first-order valence-corrected chi connectivity index (χ1v) is 10.7. The number of aromatic nitrogens is 4. The molecule has 0 amide bonds. The molecule has 0 bridgehead atoms. The van der Waals surface area contributed by atoms with Gasteiger partial charge in [0.1, 0.15) is 0 Å². The van der Waals surface area contributed by atoms with E-state index in [4.69, 9.17) is 0 Å². The van der Waals surface area contributed by atoms with Crippen LogP contribution in [0.1, 0.15) is 11.1 Å². The van der Waals surface area contributed by atoms with E-state index in [1.54, 1.807) is 0 Å². The average Bonchev–Trinajstić information content (AvgIpc) is 3.37. The number of H-pyrrole nitrogens is 2. The molecule has 124 valence electrons. The van der Waals surface area contributed by atoms with Crippen molar-refractivity contribution < 1.29 is 23.2 Å². The van der Waals surface area contributed by atoms with Crippen molar-refractivity contribution in [3.63, 3.8) is 0 Å². The molecule has 0 spiro atoms. The summed E-state index contributed by atoms with van der Waals surface area (Å²) in [4.78, 5) is 0. The molecule has 0 aliphatic heterocycles. The van der Waals surface area contributed by atoms with Gasteiger partial charge in [-0.1, -0.05) is 60.7 Å². The molecule has 2 N–H and O–H groups in total. The molecular formula is C20H20N4Zr.